The van der Waals surface area contributed by atoms with Gasteiger partial charge in [0.15, 0.2) is 0 Å². The number of anilines is 1. The maximum absolute atomic E-state index is 13.3. The van der Waals surface area contributed by atoms with Crippen molar-refractivity contribution in [3.8, 4) is 0 Å². The van der Waals surface area contributed by atoms with Gasteiger partial charge in [-0.1, -0.05) is 26.0 Å². The highest BCUT2D eigenvalue weighted by Gasteiger charge is 2.20. The number of H-pyrrole nitrogens is 1. The molecule has 1 aromatic carbocycles. The van der Waals surface area contributed by atoms with E-state index in [-0.39, 0.29) is 29.2 Å². The highest BCUT2D eigenvalue weighted by Crippen LogP contribution is 2.20. The molecule has 3 rings (SSSR count). The highest BCUT2D eigenvalue weighted by atomic mass is 19.1. The molecule has 6 nitrogen and oxygen atoms in total. The molecule has 1 aliphatic rings. The van der Waals surface area contributed by atoms with Gasteiger partial charge in [0.05, 0.1) is 11.7 Å². The van der Waals surface area contributed by atoms with Crippen molar-refractivity contribution in [2.45, 2.75) is 45.6 Å². The second-order valence-corrected chi connectivity index (χ2v) is 7.73. The molecule has 2 heterocycles. The van der Waals surface area contributed by atoms with Crippen LogP contribution in [-0.4, -0.2) is 29.0 Å². The minimum Gasteiger partial charge on any atom is -0.349 e. The van der Waals surface area contributed by atoms with E-state index >= 15 is 0 Å². The predicted molar refractivity (Wildman–Crippen MR) is 107 cm³/mol. The Morgan fingerprint density at radius 3 is 2.57 bits per heavy atom. The van der Waals surface area contributed by atoms with Gasteiger partial charge in [-0.05, 0) is 36.5 Å². The maximum Gasteiger partial charge on any atom is 0.252 e. The second-order valence-electron chi connectivity index (χ2n) is 7.73. The van der Waals surface area contributed by atoms with Crippen molar-refractivity contribution in [3.05, 3.63) is 57.8 Å². The van der Waals surface area contributed by atoms with E-state index in [1.807, 2.05) is 13.8 Å². The summed E-state index contributed by atoms with van der Waals surface area (Å²) in [5, 5.41) is 3.01. The number of hydrogen-bond acceptors (Lipinski definition) is 4. The minimum absolute atomic E-state index is 0.0751. The van der Waals surface area contributed by atoms with Gasteiger partial charge in [0, 0.05) is 32.0 Å². The van der Waals surface area contributed by atoms with Crippen molar-refractivity contribution >= 4 is 11.9 Å². The van der Waals surface area contributed by atoms with Crippen LogP contribution in [0.5, 0.6) is 0 Å². The fourth-order valence-corrected chi connectivity index (χ4v) is 3.46. The quantitative estimate of drug-likeness (QED) is 0.767. The molecule has 7 heteroatoms. The molecule has 1 atom stereocenters. The summed E-state index contributed by atoms with van der Waals surface area (Å²) >= 11 is 0. The zero-order valence-electron chi connectivity index (χ0n) is 16.4. The second kappa shape index (κ2) is 8.99. The smallest absolute Gasteiger partial charge is 0.252 e. The molecular weight excluding hydrogens is 359 g/mol. The lowest BCUT2D eigenvalue weighted by Crippen LogP contribution is -2.31. The molecule has 0 bridgehead atoms. The number of carbonyl (C=O) groups is 1. The molecular formula is C21H27FN4O2. The molecule has 1 aromatic heterocycles. The number of amides is 1. The first-order valence-electron chi connectivity index (χ1n) is 9.80. The van der Waals surface area contributed by atoms with Gasteiger partial charge < -0.3 is 10.2 Å². The third kappa shape index (κ3) is 5.41. The van der Waals surface area contributed by atoms with Crippen LogP contribution >= 0.6 is 0 Å². The van der Waals surface area contributed by atoms with Gasteiger partial charge in [0.1, 0.15) is 5.82 Å². The Labute approximate surface area is 164 Å². The monoisotopic (exact) mass is 386 g/mol. The van der Waals surface area contributed by atoms with Crippen LogP contribution in [0.15, 0.2) is 35.1 Å². The van der Waals surface area contributed by atoms with Crippen molar-refractivity contribution in [3.63, 3.8) is 0 Å². The Hall–Kier alpha value is -2.70. The summed E-state index contributed by atoms with van der Waals surface area (Å²) in [6, 6.07) is 7.14. The van der Waals surface area contributed by atoms with E-state index in [1.54, 1.807) is 12.1 Å². The van der Waals surface area contributed by atoms with Crippen LogP contribution in [-0.2, 0) is 11.2 Å². The van der Waals surface area contributed by atoms with Crippen LogP contribution in [0.3, 0.4) is 0 Å². The maximum atomic E-state index is 13.3. The van der Waals surface area contributed by atoms with Gasteiger partial charge in [0.2, 0.25) is 11.9 Å². The Balaban J connectivity index is 1.85. The van der Waals surface area contributed by atoms with Crippen LogP contribution in [0.4, 0.5) is 10.3 Å². The Morgan fingerprint density at radius 1 is 1.25 bits per heavy atom. The van der Waals surface area contributed by atoms with E-state index in [4.69, 9.17) is 0 Å². The molecule has 0 radical (unpaired) electrons. The number of benzene rings is 1. The lowest BCUT2D eigenvalue weighted by atomic mass is 10.0. The first kappa shape index (κ1) is 20.0. The first-order chi connectivity index (χ1) is 13.4. The van der Waals surface area contributed by atoms with E-state index in [0.717, 1.165) is 31.5 Å². The van der Waals surface area contributed by atoms with Gasteiger partial charge in [-0.15, -0.1) is 0 Å². The number of halogens is 1. The SMILES string of the molecule is CC(C)CC(=O)NC(Cc1cc(=O)[nH]c(N2CCCC2)n1)c1ccc(F)cc1. The third-order valence-corrected chi connectivity index (χ3v) is 4.80. The Morgan fingerprint density at radius 2 is 1.93 bits per heavy atom. The number of carbonyl (C=O) groups excluding carboxylic acids is 1. The zero-order valence-corrected chi connectivity index (χ0v) is 16.4. The summed E-state index contributed by atoms with van der Waals surface area (Å²) in [6.07, 6.45) is 2.93. The molecule has 2 N–H and O–H groups in total. The molecule has 1 aliphatic heterocycles. The summed E-state index contributed by atoms with van der Waals surface area (Å²) in [4.78, 5) is 34.0. The lowest BCUT2D eigenvalue weighted by molar-refractivity contribution is -0.122. The zero-order chi connectivity index (χ0) is 20.1. The van der Waals surface area contributed by atoms with Gasteiger partial charge in [-0.25, -0.2) is 9.37 Å². The van der Waals surface area contributed by atoms with Crippen LogP contribution in [0.25, 0.3) is 0 Å². The van der Waals surface area contributed by atoms with E-state index in [1.165, 1.54) is 18.2 Å². The van der Waals surface area contributed by atoms with Crippen LogP contribution in [0, 0.1) is 11.7 Å². The topological polar surface area (TPSA) is 78.1 Å². The molecule has 28 heavy (non-hydrogen) atoms. The Bertz CT molecular complexity index is 857. The number of nitrogens with zero attached hydrogens (tertiary/aromatic N) is 2. The number of nitrogens with one attached hydrogen (secondary N) is 2. The largest absolute Gasteiger partial charge is 0.349 e. The number of aromatic nitrogens is 2. The number of aromatic amines is 1. The molecule has 0 saturated carbocycles. The molecule has 2 aromatic rings. The lowest BCUT2D eigenvalue weighted by Gasteiger charge is -2.21. The molecule has 150 valence electrons. The van der Waals surface area contributed by atoms with Gasteiger partial charge in [0.25, 0.3) is 5.56 Å². The van der Waals surface area contributed by atoms with E-state index < -0.39 is 0 Å². The standard InChI is InChI=1S/C21H27FN4O2/c1-14(2)11-19(27)24-18(15-5-7-16(22)8-6-15)12-17-13-20(28)25-21(23-17)26-9-3-4-10-26/h5-8,13-14,18H,3-4,9-12H2,1-2H3,(H,24,27)(H,23,25,28). The molecule has 1 unspecified atom stereocenters. The third-order valence-electron chi connectivity index (χ3n) is 4.80. The summed E-state index contributed by atoms with van der Waals surface area (Å²) < 4.78 is 13.3. The van der Waals surface area contributed by atoms with Gasteiger partial charge in [-0.2, -0.15) is 0 Å². The molecule has 1 saturated heterocycles. The van der Waals surface area contributed by atoms with E-state index in [9.17, 15) is 14.0 Å². The summed E-state index contributed by atoms with van der Waals surface area (Å²) in [6.45, 7) is 5.71. The van der Waals surface area contributed by atoms with Crippen LogP contribution in [0.1, 0.15) is 50.4 Å². The molecule has 1 fully saturated rings. The first-order valence-corrected chi connectivity index (χ1v) is 9.80. The number of hydrogen-bond donors (Lipinski definition) is 2. The van der Waals surface area contributed by atoms with Crippen molar-refractivity contribution in [1.29, 1.82) is 0 Å². The fourth-order valence-electron chi connectivity index (χ4n) is 3.46. The molecule has 0 spiro atoms. The van der Waals surface area contributed by atoms with Gasteiger partial charge in [-0.3, -0.25) is 14.6 Å². The minimum atomic E-state index is -0.382. The summed E-state index contributed by atoms with van der Waals surface area (Å²) in [7, 11) is 0. The van der Waals surface area contributed by atoms with Crippen molar-refractivity contribution in [1.82, 2.24) is 15.3 Å². The summed E-state index contributed by atoms with van der Waals surface area (Å²) in [5.74, 6) is 0.398. The average Bonchev–Trinajstić information content (AvgIpc) is 3.15. The molecule has 0 aliphatic carbocycles. The van der Waals surface area contributed by atoms with Crippen LogP contribution < -0.4 is 15.8 Å². The van der Waals surface area contributed by atoms with Gasteiger partial charge >= 0.3 is 0 Å². The molecule has 1 amide bonds. The van der Waals surface area contributed by atoms with Crippen molar-refractivity contribution in [2.75, 3.05) is 18.0 Å². The van der Waals surface area contributed by atoms with Crippen molar-refractivity contribution in [2.24, 2.45) is 5.92 Å². The fraction of sp³-hybridized carbons (Fsp3) is 0.476. The predicted octanol–water partition coefficient (Wildman–Crippen LogP) is 2.96. The van der Waals surface area contributed by atoms with E-state index in [0.29, 0.717) is 24.5 Å². The van der Waals surface area contributed by atoms with Crippen molar-refractivity contribution < 1.29 is 9.18 Å². The normalized spacial score (nSPS) is 15.1. The average molecular weight is 386 g/mol. The number of rotatable bonds is 7. The Kier molecular flexibility index (Phi) is 6.44. The highest BCUT2D eigenvalue weighted by molar-refractivity contribution is 5.76. The summed E-state index contributed by atoms with van der Waals surface area (Å²) in [5.41, 5.74) is 1.17. The van der Waals surface area contributed by atoms with E-state index in [2.05, 4.69) is 20.2 Å². The van der Waals surface area contributed by atoms with Crippen LogP contribution in [0.2, 0.25) is 0 Å².